The van der Waals surface area contributed by atoms with Gasteiger partial charge in [0.1, 0.15) is 4.90 Å². The summed E-state index contributed by atoms with van der Waals surface area (Å²) in [5, 5.41) is 2.63. The summed E-state index contributed by atoms with van der Waals surface area (Å²) in [6.07, 6.45) is 6.34. The average molecular weight is 380 g/mol. The first-order chi connectivity index (χ1) is 12.3. The van der Waals surface area contributed by atoms with Crippen molar-refractivity contribution in [2.24, 2.45) is 0 Å². The van der Waals surface area contributed by atoms with Crippen molar-refractivity contribution in [2.45, 2.75) is 49.6 Å². The van der Waals surface area contributed by atoms with Gasteiger partial charge in [0.25, 0.3) is 5.91 Å². The van der Waals surface area contributed by atoms with E-state index in [0.717, 1.165) is 38.8 Å². The van der Waals surface area contributed by atoms with E-state index in [1.165, 1.54) is 18.5 Å². The standard InChI is InChI=1S/C17H24N4O4S/c1-12(16(22)11-21-6-2-3-7-21)19-17(23)13-8-15(10-18-9-13)26(24,25)20-14-4-5-14/h8-10,12,14,20H,2-7,11H2,1H3,(H,19,23). The van der Waals surface area contributed by atoms with Gasteiger partial charge in [-0.25, -0.2) is 13.1 Å². The number of sulfonamides is 1. The summed E-state index contributed by atoms with van der Waals surface area (Å²) in [4.78, 5) is 30.5. The Balaban J connectivity index is 1.61. The molecule has 1 aromatic heterocycles. The number of ketones is 1. The fraction of sp³-hybridized carbons (Fsp3) is 0.588. The lowest BCUT2D eigenvalue weighted by Crippen LogP contribution is -2.43. The zero-order valence-electron chi connectivity index (χ0n) is 14.8. The Hall–Kier alpha value is -1.84. The predicted molar refractivity (Wildman–Crippen MR) is 95.2 cm³/mol. The SMILES string of the molecule is CC(NC(=O)c1cncc(S(=O)(=O)NC2CC2)c1)C(=O)CN1CCCC1. The van der Waals surface area contributed by atoms with E-state index >= 15 is 0 Å². The zero-order valence-corrected chi connectivity index (χ0v) is 15.6. The molecular weight excluding hydrogens is 356 g/mol. The van der Waals surface area contributed by atoms with Crippen molar-refractivity contribution in [3.8, 4) is 0 Å². The fourth-order valence-corrected chi connectivity index (χ4v) is 4.13. The Labute approximate surface area is 153 Å². The monoisotopic (exact) mass is 380 g/mol. The van der Waals surface area contributed by atoms with Gasteiger partial charge in [0.05, 0.1) is 18.2 Å². The van der Waals surface area contributed by atoms with Gasteiger partial charge >= 0.3 is 0 Å². The Morgan fingerprint density at radius 3 is 2.62 bits per heavy atom. The summed E-state index contributed by atoms with van der Waals surface area (Å²) < 4.78 is 27.0. The Morgan fingerprint density at radius 1 is 1.27 bits per heavy atom. The largest absolute Gasteiger partial charge is 0.342 e. The second-order valence-corrected chi connectivity index (χ2v) is 8.66. The van der Waals surface area contributed by atoms with Gasteiger partial charge in [0.2, 0.25) is 10.0 Å². The van der Waals surface area contributed by atoms with Gasteiger partial charge in [-0.1, -0.05) is 0 Å². The van der Waals surface area contributed by atoms with E-state index in [1.54, 1.807) is 6.92 Å². The van der Waals surface area contributed by atoms with Crippen LogP contribution in [-0.4, -0.2) is 61.7 Å². The van der Waals surface area contributed by atoms with E-state index < -0.39 is 22.0 Å². The molecule has 3 rings (SSSR count). The number of carbonyl (C=O) groups excluding carboxylic acids is 2. The number of Topliss-reactive ketones (excluding diaryl/α,β-unsaturated/α-hetero) is 1. The smallest absolute Gasteiger partial charge is 0.253 e. The Bertz CT molecular complexity index is 786. The first kappa shape index (κ1) is 18.9. The lowest BCUT2D eigenvalue weighted by Gasteiger charge is -2.18. The van der Waals surface area contributed by atoms with Crippen molar-refractivity contribution in [3.05, 3.63) is 24.0 Å². The van der Waals surface area contributed by atoms with Crippen molar-refractivity contribution in [1.29, 1.82) is 0 Å². The quantitative estimate of drug-likeness (QED) is 0.672. The Morgan fingerprint density at radius 2 is 1.96 bits per heavy atom. The number of hydrogen-bond acceptors (Lipinski definition) is 6. The molecule has 0 spiro atoms. The first-order valence-corrected chi connectivity index (χ1v) is 10.4. The summed E-state index contributed by atoms with van der Waals surface area (Å²) in [6.45, 7) is 3.77. The van der Waals surface area contributed by atoms with Crippen LogP contribution in [0.4, 0.5) is 0 Å². The number of nitrogens with zero attached hydrogens (tertiary/aromatic N) is 2. The average Bonchev–Trinajstić information content (AvgIpc) is 3.26. The molecule has 0 bridgehead atoms. The number of likely N-dealkylation sites (tertiary alicyclic amines) is 1. The molecule has 0 aromatic carbocycles. The van der Waals surface area contributed by atoms with Gasteiger partial charge in [0.15, 0.2) is 5.78 Å². The number of carbonyl (C=O) groups is 2. The van der Waals surface area contributed by atoms with E-state index in [4.69, 9.17) is 0 Å². The van der Waals surface area contributed by atoms with Crippen LogP contribution in [0.3, 0.4) is 0 Å². The molecule has 2 aliphatic rings. The second kappa shape index (κ2) is 7.81. The van der Waals surface area contributed by atoms with Crippen molar-refractivity contribution >= 4 is 21.7 Å². The first-order valence-electron chi connectivity index (χ1n) is 8.88. The third-order valence-electron chi connectivity index (χ3n) is 4.59. The summed E-state index contributed by atoms with van der Waals surface area (Å²) in [6, 6.07) is 0.610. The van der Waals surface area contributed by atoms with E-state index in [0.29, 0.717) is 6.54 Å². The molecule has 1 aliphatic carbocycles. The molecule has 1 unspecified atom stereocenters. The molecule has 1 saturated carbocycles. The minimum absolute atomic E-state index is 0.0271. The highest BCUT2D eigenvalue weighted by Gasteiger charge is 2.29. The molecule has 2 fully saturated rings. The van der Waals surface area contributed by atoms with Crippen LogP contribution in [0.25, 0.3) is 0 Å². The van der Waals surface area contributed by atoms with Crippen LogP contribution in [0.1, 0.15) is 43.0 Å². The van der Waals surface area contributed by atoms with Gasteiger partial charge in [0, 0.05) is 18.4 Å². The highest BCUT2D eigenvalue weighted by molar-refractivity contribution is 7.89. The van der Waals surface area contributed by atoms with Crippen LogP contribution in [0, 0.1) is 0 Å². The summed E-state index contributed by atoms with van der Waals surface area (Å²) in [5.74, 6) is -0.573. The normalized spacial score (nSPS) is 19.3. The summed E-state index contributed by atoms with van der Waals surface area (Å²) >= 11 is 0. The second-order valence-electron chi connectivity index (χ2n) is 6.95. The van der Waals surface area contributed by atoms with Gasteiger partial charge in [-0.2, -0.15) is 0 Å². The number of aromatic nitrogens is 1. The molecule has 2 N–H and O–H groups in total. The van der Waals surface area contributed by atoms with Gasteiger partial charge in [-0.05, 0) is 51.8 Å². The molecule has 1 saturated heterocycles. The number of rotatable bonds is 8. The maximum absolute atomic E-state index is 12.4. The van der Waals surface area contributed by atoms with E-state index in [2.05, 4.69) is 19.9 Å². The van der Waals surface area contributed by atoms with Gasteiger partial charge in [-0.3, -0.25) is 19.5 Å². The predicted octanol–water partition coefficient (Wildman–Crippen LogP) is 0.306. The lowest BCUT2D eigenvalue weighted by atomic mass is 10.2. The number of nitrogens with one attached hydrogen (secondary N) is 2. The van der Waals surface area contributed by atoms with E-state index in [9.17, 15) is 18.0 Å². The molecule has 1 aliphatic heterocycles. The Kier molecular flexibility index (Phi) is 5.69. The molecule has 142 valence electrons. The number of amides is 1. The van der Waals surface area contributed by atoms with Crippen molar-refractivity contribution in [1.82, 2.24) is 19.9 Å². The molecule has 26 heavy (non-hydrogen) atoms. The summed E-state index contributed by atoms with van der Waals surface area (Å²) in [7, 11) is -3.68. The molecule has 9 heteroatoms. The highest BCUT2D eigenvalue weighted by Crippen LogP contribution is 2.22. The van der Waals surface area contributed by atoms with Crippen LogP contribution in [-0.2, 0) is 14.8 Å². The van der Waals surface area contributed by atoms with Gasteiger partial charge in [-0.15, -0.1) is 0 Å². The zero-order chi connectivity index (χ0) is 18.7. The minimum atomic E-state index is -3.68. The van der Waals surface area contributed by atoms with Crippen molar-refractivity contribution in [3.63, 3.8) is 0 Å². The third-order valence-corrected chi connectivity index (χ3v) is 6.08. The van der Waals surface area contributed by atoms with Crippen molar-refractivity contribution in [2.75, 3.05) is 19.6 Å². The van der Waals surface area contributed by atoms with Crippen LogP contribution >= 0.6 is 0 Å². The maximum Gasteiger partial charge on any atom is 0.253 e. The molecular formula is C17H24N4O4S. The maximum atomic E-state index is 12.4. The number of pyridine rings is 1. The highest BCUT2D eigenvalue weighted by atomic mass is 32.2. The topological polar surface area (TPSA) is 108 Å². The van der Waals surface area contributed by atoms with Crippen LogP contribution < -0.4 is 10.0 Å². The van der Waals surface area contributed by atoms with Crippen LogP contribution in [0.15, 0.2) is 23.4 Å². The molecule has 1 atom stereocenters. The lowest BCUT2D eigenvalue weighted by molar-refractivity contribution is -0.121. The van der Waals surface area contributed by atoms with Gasteiger partial charge < -0.3 is 5.32 Å². The fourth-order valence-electron chi connectivity index (χ4n) is 2.84. The number of hydrogen-bond donors (Lipinski definition) is 2. The molecule has 2 heterocycles. The van der Waals surface area contributed by atoms with Crippen LogP contribution in [0.5, 0.6) is 0 Å². The van der Waals surface area contributed by atoms with Crippen molar-refractivity contribution < 1.29 is 18.0 Å². The molecule has 1 amide bonds. The molecule has 8 nitrogen and oxygen atoms in total. The third kappa shape index (κ3) is 4.87. The van der Waals surface area contributed by atoms with Crippen LogP contribution in [0.2, 0.25) is 0 Å². The van der Waals surface area contributed by atoms with E-state index in [-0.39, 0.29) is 22.3 Å². The van der Waals surface area contributed by atoms with E-state index in [1.807, 2.05) is 0 Å². The molecule has 0 radical (unpaired) electrons. The summed E-state index contributed by atoms with van der Waals surface area (Å²) in [5.41, 5.74) is 0.115. The molecule has 1 aromatic rings. The minimum Gasteiger partial charge on any atom is -0.342 e.